The number of aryl methyl sites for hydroxylation is 1. The summed E-state index contributed by atoms with van der Waals surface area (Å²) >= 11 is 1.38. The van der Waals surface area contributed by atoms with Gasteiger partial charge in [-0.25, -0.2) is 0 Å². The summed E-state index contributed by atoms with van der Waals surface area (Å²) in [7, 11) is 0. The van der Waals surface area contributed by atoms with Crippen molar-refractivity contribution in [1.82, 2.24) is 10.2 Å². The van der Waals surface area contributed by atoms with E-state index in [1.807, 2.05) is 61.5 Å². The van der Waals surface area contributed by atoms with Crippen LogP contribution < -0.4 is 5.32 Å². The number of aromatic nitrogens is 2. The molecule has 0 saturated heterocycles. The fourth-order valence-electron chi connectivity index (χ4n) is 2.95. The number of para-hydroxylation sites is 1. The molecule has 0 aliphatic carbocycles. The SMILES string of the molecule is Cc1ccccc1NC(=O)CCSc1nnc(-c2cccc3ccccc23)o1. The Balaban J connectivity index is 1.38. The van der Waals surface area contributed by atoms with E-state index in [1.165, 1.54) is 11.8 Å². The van der Waals surface area contributed by atoms with Crippen molar-refractivity contribution >= 4 is 34.1 Å². The molecule has 0 unspecified atom stereocenters. The third-order valence-electron chi connectivity index (χ3n) is 4.40. The number of fused-ring (bicyclic) bond motifs is 1. The first-order valence-electron chi connectivity index (χ1n) is 9.00. The van der Waals surface area contributed by atoms with E-state index in [0.29, 0.717) is 23.3 Å². The molecule has 1 amide bonds. The quantitative estimate of drug-likeness (QED) is 0.452. The predicted octanol–water partition coefficient (Wildman–Crippen LogP) is 5.32. The van der Waals surface area contributed by atoms with Gasteiger partial charge in [-0.15, -0.1) is 10.2 Å². The molecule has 3 aromatic carbocycles. The van der Waals surface area contributed by atoms with Gasteiger partial charge in [0.05, 0.1) is 0 Å². The highest BCUT2D eigenvalue weighted by Crippen LogP contribution is 2.29. The average molecular weight is 389 g/mol. The summed E-state index contributed by atoms with van der Waals surface area (Å²) in [6.45, 7) is 1.97. The monoisotopic (exact) mass is 389 g/mol. The Bertz CT molecular complexity index is 1120. The Labute approximate surface area is 167 Å². The first-order valence-corrected chi connectivity index (χ1v) is 9.99. The van der Waals surface area contributed by atoms with Crippen LogP contribution in [-0.4, -0.2) is 21.9 Å². The number of amides is 1. The van der Waals surface area contributed by atoms with Crippen LogP contribution in [0.3, 0.4) is 0 Å². The molecule has 0 saturated carbocycles. The number of hydrogen-bond acceptors (Lipinski definition) is 5. The van der Waals surface area contributed by atoms with Crippen molar-refractivity contribution in [1.29, 1.82) is 0 Å². The number of carbonyl (C=O) groups is 1. The fourth-order valence-corrected chi connectivity index (χ4v) is 3.64. The molecule has 4 aromatic rings. The number of rotatable bonds is 6. The maximum atomic E-state index is 12.1. The van der Waals surface area contributed by atoms with Gasteiger partial charge in [0.15, 0.2) is 0 Å². The summed E-state index contributed by atoms with van der Waals surface area (Å²) in [5.74, 6) is 1.02. The molecule has 28 heavy (non-hydrogen) atoms. The molecule has 1 aromatic heterocycles. The van der Waals surface area contributed by atoms with E-state index in [-0.39, 0.29) is 5.91 Å². The predicted molar refractivity (Wildman–Crippen MR) is 112 cm³/mol. The smallest absolute Gasteiger partial charge is 0.276 e. The molecule has 0 fully saturated rings. The normalized spacial score (nSPS) is 10.9. The van der Waals surface area contributed by atoms with Gasteiger partial charge in [-0.3, -0.25) is 4.79 Å². The highest BCUT2D eigenvalue weighted by Gasteiger charge is 2.12. The molecule has 5 nitrogen and oxygen atoms in total. The van der Waals surface area contributed by atoms with Gasteiger partial charge in [-0.1, -0.05) is 66.4 Å². The molecule has 0 atom stereocenters. The van der Waals surface area contributed by atoms with Crippen molar-refractivity contribution in [3.63, 3.8) is 0 Å². The van der Waals surface area contributed by atoms with Gasteiger partial charge in [-0.2, -0.15) is 0 Å². The van der Waals surface area contributed by atoms with Crippen LogP contribution in [0.15, 0.2) is 76.4 Å². The zero-order valence-electron chi connectivity index (χ0n) is 15.4. The Morgan fingerprint density at radius 2 is 1.79 bits per heavy atom. The Morgan fingerprint density at radius 3 is 2.68 bits per heavy atom. The van der Waals surface area contributed by atoms with E-state index in [9.17, 15) is 4.79 Å². The Morgan fingerprint density at radius 1 is 1.00 bits per heavy atom. The number of anilines is 1. The van der Waals surface area contributed by atoms with Gasteiger partial charge in [0, 0.05) is 23.4 Å². The van der Waals surface area contributed by atoms with E-state index in [2.05, 4.69) is 27.6 Å². The fraction of sp³-hybridized carbons (Fsp3) is 0.136. The highest BCUT2D eigenvalue weighted by molar-refractivity contribution is 7.99. The van der Waals surface area contributed by atoms with Crippen LogP contribution in [0.2, 0.25) is 0 Å². The molecule has 1 N–H and O–H groups in total. The van der Waals surface area contributed by atoms with E-state index < -0.39 is 0 Å². The molecule has 6 heteroatoms. The van der Waals surface area contributed by atoms with Crippen LogP contribution in [0.1, 0.15) is 12.0 Å². The van der Waals surface area contributed by atoms with Crippen LogP contribution in [-0.2, 0) is 4.79 Å². The first kappa shape index (κ1) is 18.3. The van der Waals surface area contributed by atoms with Crippen LogP contribution in [0.5, 0.6) is 0 Å². The van der Waals surface area contributed by atoms with Crippen molar-refractivity contribution in [3.05, 3.63) is 72.3 Å². The largest absolute Gasteiger partial charge is 0.411 e. The van der Waals surface area contributed by atoms with Gasteiger partial charge in [0.2, 0.25) is 11.8 Å². The standard InChI is InChI=1S/C22H19N3O2S/c1-15-7-2-5-12-19(15)23-20(26)13-14-28-22-25-24-21(27-22)18-11-6-9-16-8-3-4-10-17(16)18/h2-12H,13-14H2,1H3,(H,23,26). The van der Waals surface area contributed by atoms with Crippen molar-refractivity contribution < 1.29 is 9.21 Å². The zero-order chi connectivity index (χ0) is 19.3. The first-order chi connectivity index (χ1) is 13.7. The summed E-state index contributed by atoms with van der Waals surface area (Å²) in [5.41, 5.74) is 2.79. The van der Waals surface area contributed by atoms with E-state index in [4.69, 9.17) is 4.42 Å². The number of carbonyl (C=O) groups excluding carboxylic acids is 1. The summed E-state index contributed by atoms with van der Waals surface area (Å²) in [6, 6.07) is 21.8. The van der Waals surface area contributed by atoms with Crippen LogP contribution in [0.25, 0.3) is 22.2 Å². The second-order valence-corrected chi connectivity index (χ2v) is 7.41. The Kier molecular flexibility index (Phi) is 5.39. The molecule has 0 radical (unpaired) electrons. The van der Waals surface area contributed by atoms with Crippen molar-refractivity contribution in [2.24, 2.45) is 0 Å². The third kappa shape index (κ3) is 4.07. The summed E-state index contributed by atoms with van der Waals surface area (Å²) < 4.78 is 5.81. The van der Waals surface area contributed by atoms with Crippen molar-refractivity contribution in [3.8, 4) is 11.5 Å². The topological polar surface area (TPSA) is 68.0 Å². The molecule has 140 valence electrons. The summed E-state index contributed by atoms with van der Waals surface area (Å²) in [4.78, 5) is 12.1. The van der Waals surface area contributed by atoms with E-state index in [0.717, 1.165) is 27.6 Å². The average Bonchev–Trinajstić information content (AvgIpc) is 3.18. The second-order valence-electron chi connectivity index (χ2n) is 6.36. The minimum absolute atomic E-state index is 0.0319. The van der Waals surface area contributed by atoms with Gasteiger partial charge in [-0.05, 0) is 35.4 Å². The number of nitrogens with one attached hydrogen (secondary N) is 1. The summed E-state index contributed by atoms with van der Waals surface area (Å²) in [5, 5.41) is 13.9. The lowest BCUT2D eigenvalue weighted by atomic mass is 10.0. The maximum Gasteiger partial charge on any atom is 0.276 e. The van der Waals surface area contributed by atoms with Gasteiger partial charge in [0.25, 0.3) is 5.22 Å². The molecule has 0 aliphatic heterocycles. The lowest BCUT2D eigenvalue weighted by Gasteiger charge is -2.07. The Hall–Kier alpha value is -3.12. The molecule has 1 heterocycles. The van der Waals surface area contributed by atoms with Crippen LogP contribution in [0, 0.1) is 6.92 Å². The highest BCUT2D eigenvalue weighted by atomic mass is 32.2. The minimum Gasteiger partial charge on any atom is -0.411 e. The number of nitrogens with zero attached hydrogens (tertiary/aromatic N) is 2. The molecule has 0 bridgehead atoms. The third-order valence-corrected chi connectivity index (χ3v) is 5.22. The minimum atomic E-state index is -0.0319. The van der Waals surface area contributed by atoms with Gasteiger partial charge in [0.1, 0.15) is 0 Å². The zero-order valence-corrected chi connectivity index (χ0v) is 16.2. The van der Waals surface area contributed by atoms with Gasteiger partial charge < -0.3 is 9.73 Å². The maximum absolute atomic E-state index is 12.1. The lowest BCUT2D eigenvalue weighted by Crippen LogP contribution is -2.12. The van der Waals surface area contributed by atoms with Crippen LogP contribution in [0.4, 0.5) is 5.69 Å². The van der Waals surface area contributed by atoms with Crippen LogP contribution >= 0.6 is 11.8 Å². The number of thioether (sulfide) groups is 1. The molecular formula is C22H19N3O2S. The molecule has 0 aliphatic rings. The number of hydrogen-bond donors (Lipinski definition) is 1. The van der Waals surface area contributed by atoms with E-state index >= 15 is 0 Å². The molecule has 4 rings (SSSR count). The number of benzene rings is 3. The molecular weight excluding hydrogens is 370 g/mol. The van der Waals surface area contributed by atoms with Crippen molar-refractivity contribution in [2.45, 2.75) is 18.6 Å². The molecule has 0 spiro atoms. The van der Waals surface area contributed by atoms with E-state index in [1.54, 1.807) is 0 Å². The second kappa shape index (κ2) is 8.27. The van der Waals surface area contributed by atoms with Crippen molar-refractivity contribution in [2.75, 3.05) is 11.1 Å². The lowest BCUT2D eigenvalue weighted by molar-refractivity contribution is -0.115. The summed E-state index contributed by atoms with van der Waals surface area (Å²) in [6.07, 6.45) is 0.366. The van der Waals surface area contributed by atoms with Gasteiger partial charge >= 0.3 is 0 Å².